The van der Waals surface area contributed by atoms with E-state index in [0.29, 0.717) is 5.92 Å². The average Bonchev–Trinajstić information content (AvgIpc) is 2.30. The molecule has 0 saturated heterocycles. The molecule has 0 fully saturated rings. The van der Waals surface area contributed by atoms with Gasteiger partial charge in [0, 0.05) is 20.3 Å². The van der Waals surface area contributed by atoms with Crippen LogP contribution >= 0.6 is 27.3 Å². The summed E-state index contributed by atoms with van der Waals surface area (Å²) in [6, 6.07) is 2.28. The Hall–Kier alpha value is 0.140. The lowest BCUT2D eigenvalue weighted by molar-refractivity contribution is 0.838. The molecule has 1 rings (SSSR count). The van der Waals surface area contributed by atoms with Gasteiger partial charge in [-0.1, -0.05) is 13.8 Å². The van der Waals surface area contributed by atoms with Crippen LogP contribution < -0.4 is 5.73 Å². The van der Waals surface area contributed by atoms with Crippen LogP contribution in [0.5, 0.6) is 0 Å². The summed E-state index contributed by atoms with van der Waals surface area (Å²) in [5, 5.41) is 0. The molecule has 0 aliphatic carbocycles. The molecule has 0 spiro atoms. The highest BCUT2D eigenvalue weighted by Crippen LogP contribution is 2.35. The monoisotopic (exact) mass is 247 g/mol. The number of thiophene rings is 1. The predicted octanol–water partition coefficient (Wildman–Crippen LogP) is 3.65. The summed E-state index contributed by atoms with van der Waals surface area (Å²) in [5.41, 5.74) is 5.79. The Morgan fingerprint density at radius 3 is 2.25 bits per heavy atom. The first-order valence-corrected chi connectivity index (χ1v) is 5.68. The molecule has 68 valence electrons. The maximum Gasteiger partial charge on any atom is 0.0361 e. The van der Waals surface area contributed by atoms with Gasteiger partial charge in [-0.2, -0.15) is 0 Å². The van der Waals surface area contributed by atoms with E-state index in [9.17, 15) is 0 Å². The van der Waals surface area contributed by atoms with Gasteiger partial charge in [0.15, 0.2) is 0 Å². The lowest BCUT2D eigenvalue weighted by atomic mass is 10.2. The van der Waals surface area contributed by atoms with Crippen molar-refractivity contribution in [2.45, 2.75) is 32.7 Å². The Morgan fingerprint density at radius 1 is 1.42 bits per heavy atom. The van der Waals surface area contributed by atoms with E-state index in [1.165, 1.54) is 14.2 Å². The molecule has 1 unspecified atom stereocenters. The molecular formula is C9H14BrNS. The zero-order valence-corrected chi connectivity index (χ0v) is 10.00. The van der Waals surface area contributed by atoms with Crippen LogP contribution in [0, 0.1) is 0 Å². The Bertz CT molecular complexity index is 265. The molecule has 1 aromatic rings. The quantitative estimate of drug-likeness (QED) is 0.849. The Balaban J connectivity index is 3.00. The molecule has 0 saturated carbocycles. The third kappa shape index (κ3) is 2.09. The second-order valence-electron chi connectivity index (χ2n) is 3.30. The van der Waals surface area contributed by atoms with Crippen LogP contribution in [0.25, 0.3) is 0 Å². The summed E-state index contributed by atoms with van der Waals surface area (Å²) in [7, 11) is 0. The SMILES string of the molecule is CC(C)c1sc(C(C)N)cc1Br. The molecule has 0 aliphatic heterocycles. The van der Waals surface area contributed by atoms with Crippen molar-refractivity contribution in [2.75, 3.05) is 0 Å². The van der Waals surface area contributed by atoms with Gasteiger partial charge >= 0.3 is 0 Å². The van der Waals surface area contributed by atoms with Crippen molar-refractivity contribution >= 4 is 27.3 Å². The van der Waals surface area contributed by atoms with Crippen molar-refractivity contribution in [3.8, 4) is 0 Å². The summed E-state index contributed by atoms with van der Waals surface area (Å²) >= 11 is 5.34. The third-order valence-corrected chi connectivity index (χ3v) is 4.26. The second kappa shape index (κ2) is 3.90. The Morgan fingerprint density at radius 2 is 2.00 bits per heavy atom. The topological polar surface area (TPSA) is 26.0 Å². The van der Waals surface area contributed by atoms with E-state index >= 15 is 0 Å². The standard InChI is InChI=1S/C9H14BrNS/c1-5(2)9-7(10)4-8(12-9)6(3)11/h4-6H,11H2,1-3H3. The fraction of sp³-hybridized carbons (Fsp3) is 0.556. The van der Waals surface area contributed by atoms with Gasteiger partial charge < -0.3 is 5.73 Å². The maximum absolute atomic E-state index is 5.79. The van der Waals surface area contributed by atoms with Gasteiger partial charge in [0.05, 0.1) is 0 Å². The van der Waals surface area contributed by atoms with E-state index in [0.717, 1.165) is 0 Å². The molecule has 2 N–H and O–H groups in total. The molecule has 0 bridgehead atoms. The molecule has 0 amide bonds. The number of nitrogens with two attached hydrogens (primary N) is 1. The lowest BCUT2D eigenvalue weighted by Crippen LogP contribution is -2.01. The van der Waals surface area contributed by atoms with Gasteiger partial charge in [-0.15, -0.1) is 11.3 Å². The first kappa shape index (κ1) is 10.2. The molecule has 3 heteroatoms. The lowest BCUT2D eigenvalue weighted by Gasteiger charge is -2.01. The highest BCUT2D eigenvalue weighted by molar-refractivity contribution is 9.10. The molecule has 12 heavy (non-hydrogen) atoms. The van der Waals surface area contributed by atoms with E-state index in [1.807, 2.05) is 6.92 Å². The minimum Gasteiger partial charge on any atom is -0.324 e. The molecule has 0 radical (unpaired) electrons. The first-order chi connectivity index (χ1) is 5.52. The van der Waals surface area contributed by atoms with Crippen LogP contribution in [-0.4, -0.2) is 0 Å². The highest BCUT2D eigenvalue weighted by atomic mass is 79.9. The Labute approximate surface area is 86.1 Å². The van der Waals surface area contributed by atoms with Crippen molar-refractivity contribution in [3.63, 3.8) is 0 Å². The van der Waals surface area contributed by atoms with Crippen LogP contribution in [0.1, 0.15) is 42.5 Å². The number of halogens is 1. The maximum atomic E-state index is 5.79. The predicted molar refractivity (Wildman–Crippen MR) is 58.7 cm³/mol. The summed E-state index contributed by atoms with van der Waals surface area (Å²) in [6.45, 7) is 6.41. The summed E-state index contributed by atoms with van der Waals surface area (Å²) in [5.74, 6) is 0.580. The number of hydrogen-bond donors (Lipinski definition) is 1. The van der Waals surface area contributed by atoms with Crippen LogP contribution in [0.2, 0.25) is 0 Å². The van der Waals surface area contributed by atoms with Crippen molar-refractivity contribution in [2.24, 2.45) is 5.73 Å². The minimum absolute atomic E-state index is 0.152. The summed E-state index contributed by atoms with van der Waals surface area (Å²) in [6.07, 6.45) is 0. The molecule has 0 aromatic carbocycles. The molecule has 1 nitrogen and oxygen atoms in total. The van der Waals surface area contributed by atoms with Crippen LogP contribution in [-0.2, 0) is 0 Å². The summed E-state index contributed by atoms with van der Waals surface area (Å²) < 4.78 is 1.20. The third-order valence-electron chi connectivity index (χ3n) is 1.71. The highest BCUT2D eigenvalue weighted by Gasteiger charge is 2.11. The summed E-state index contributed by atoms with van der Waals surface area (Å²) in [4.78, 5) is 2.65. The van der Waals surface area contributed by atoms with Gasteiger partial charge in [-0.05, 0) is 34.8 Å². The Kier molecular flexibility index (Phi) is 3.32. The number of rotatable bonds is 2. The number of hydrogen-bond acceptors (Lipinski definition) is 2. The van der Waals surface area contributed by atoms with E-state index in [1.54, 1.807) is 11.3 Å². The van der Waals surface area contributed by atoms with Crippen LogP contribution in [0.3, 0.4) is 0 Å². The molecular weight excluding hydrogens is 234 g/mol. The zero-order chi connectivity index (χ0) is 9.30. The van der Waals surface area contributed by atoms with E-state index in [2.05, 4.69) is 35.8 Å². The van der Waals surface area contributed by atoms with Crippen molar-refractivity contribution in [1.82, 2.24) is 0 Å². The van der Waals surface area contributed by atoms with Gasteiger partial charge in [0.25, 0.3) is 0 Å². The van der Waals surface area contributed by atoms with E-state index < -0.39 is 0 Å². The van der Waals surface area contributed by atoms with Crippen LogP contribution in [0.15, 0.2) is 10.5 Å². The molecule has 1 aromatic heterocycles. The van der Waals surface area contributed by atoms with Crippen molar-refractivity contribution in [3.05, 3.63) is 20.3 Å². The average molecular weight is 248 g/mol. The minimum atomic E-state index is 0.152. The van der Waals surface area contributed by atoms with Gasteiger partial charge in [0.1, 0.15) is 0 Å². The van der Waals surface area contributed by atoms with E-state index in [-0.39, 0.29) is 6.04 Å². The van der Waals surface area contributed by atoms with Crippen molar-refractivity contribution in [1.29, 1.82) is 0 Å². The molecule has 0 aliphatic rings. The molecule has 1 atom stereocenters. The largest absolute Gasteiger partial charge is 0.324 e. The van der Waals surface area contributed by atoms with Crippen molar-refractivity contribution < 1.29 is 0 Å². The van der Waals surface area contributed by atoms with Gasteiger partial charge in [-0.3, -0.25) is 0 Å². The fourth-order valence-corrected chi connectivity index (χ4v) is 3.13. The first-order valence-electron chi connectivity index (χ1n) is 4.07. The normalized spacial score (nSPS) is 13.8. The smallest absolute Gasteiger partial charge is 0.0361 e. The van der Waals surface area contributed by atoms with Crippen LogP contribution in [0.4, 0.5) is 0 Å². The van der Waals surface area contributed by atoms with Gasteiger partial charge in [-0.25, -0.2) is 0 Å². The van der Waals surface area contributed by atoms with E-state index in [4.69, 9.17) is 5.73 Å². The van der Waals surface area contributed by atoms with Gasteiger partial charge in [0.2, 0.25) is 0 Å². The zero-order valence-electron chi connectivity index (χ0n) is 7.60. The fourth-order valence-electron chi connectivity index (χ4n) is 1.02. The second-order valence-corrected chi connectivity index (χ2v) is 5.27. The molecule has 1 heterocycles.